The lowest BCUT2D eigenvalue weighted by molar-refractivity contribution is -0.161. The fourth-order valence-electron chi connectivity index (χ4n) is 8.50. The summed E-state index contributed by atoms with van der Waals surface area (Å²) in [5.74, 6) is -0.957. The average Bonchev–Trinajstić information content (AvgIpc) is 3.30. The fourth-order valence-corrected chi connectivity index (χ4v) is 9.26. The zero-order chi connectivity index (χ0) is 48.3. The van der Waals surface area contributed by atoms with Crippen LogP contribution in [0.4, 0.5) is 0 Å². The van der Waals surface area contributed by atoms with E-state index in [9.17, 15) is 23.8 Å². The highest BCUT2D eigenvalue weighted by molar-refractivity contribution is 7.47. The number of rotatable bonds is 54. The number of esters is 2. The van der Waals surface area contributed by atoms with Crippen molar-refractivity contribution in [2.75, 3.05) is 26.4 Å². The number of carbonyl (C=O) groups excluding carboxylic acids is 3. The summed E-state index contributed by atoms with van der Waals surface area (Å²) in [6, 6.07) is 0. The van der Waals surface area contributed by atoms with Crippen molar-refractivity contribution in [2.45, 2.75) is 309 Å². The molecule has 0 fully saturated rings. The molecule has 0 aliphatic heterocycles. The number of hydrogen-bond donors (Lipinski definition) is 2. The summed E-state index contributed by atoms with van der Waals surface area (Å²) in [6.07, 6.45) is 50.3. The van der Waals surface area contributed by atoms with E-state index in [2.05, 4.69) is 26.1 Å². The molecule has 0 radical (unpaired) electrons. The van der Waals surface area contributed by atoms with Crippen molar-refractivity contribution in [2.24, 2.45) is 0 Å². The second kappa shape index (κ2) is 51.4. The summed E-state index contributed by atoms with van der Waals surface area (Å²) in [7, 11) is -4.53. The largest absolute Gasteiger partial charge is 0.472 e. The fraction of sp³-hybridized carbons (Fsp3) is 0.945. The Bertz CT molecular complexity index is 1110. The molecule has 392 valence electrons. The third-order valence-electron chi connectivity index (χ3n) is 12.8. The highest BCUT2D eigenvalue weighted by Gasteiger charge is 2.26. The second-order valence-corrected chi connectivity index (χ2v) is 20.9. The molecule has 0 aromatic rings. The zero-order valence-corrected chi connectivity index (χ0v) is 44.6. The van der Waals surface area contributed by atoms with Gasteiger partial charge in [-0.25, -0.2) is 4.57 Å². The Morgan fingerprint density at radius 2 is 0.712 bits per heavy atom. The predicted octanol–water partition coefficient (Wildman–Crippen LogP) is 16.9. The lowest BCUT2D eigenvalue weighted by Gasteiger charge is -2.20. The van der Waals surface area contributed by atoms with Crippen LogP contribution >= 0.6 is 7.82 Å². The molecule has 2 atom stereocenters. The molecule has 0 spiro atoms. The third kappa shape index (κ3) is 50.4. The lowest BCUT2D eigenvalue weighted by Crippen LogP contribution is -2.30. The smallest absolute Gasteiger partial charge is 0.462 e. The monoisotopic (exact) mass is 958 g/mol. The van der Waals surface area contributed by atoms with Crippen molar-refractivity contribution in [1.29, 1.82) is 0 Å². The van der Waals surface area contributed by atoms with Gasteiger partial charge in [0, 0.05) is 25.8 Å². The van der Waals surface area contributed by atoms with Crippen molar-refractivity contribution in [3.63, 3.8) is 0 Å². The Hall–Kier alpha value is -1.48. The minimum Gasteiger partial charge on any atom is -0.462 e. The summed E-state index contributed by atoms with van der Waals surface area (Å²) in [5.41, 5.74) is 0. The van der Waals surface area contributed by atoms with Gasteiger partial charge in [-0.05, 0) is 19.3 Å². The normalized spacial score (nSPS) is 12.8. The van der Waals surface area contributed by atoms with Gasteiger partial charge in [0.05, 0.1) is 13.2 Å². The Balaban J connectivity index is 4.44. The molecule has 0 heterocycles. The summed E-state index contributed by atoms with van der Waals surface area (Å²) >= 11 is 0. The lowest BCUT2D eigenvalue weighted by atomic mass is 10.0. The van der Waals surface area contributed by atoms with E-state index in [4.69, 9.17) is 18.5 Å². The molecule has 66 heavy (non-hydrogen) atoms. The van der Waals surface area contributed by atoms with Crippen molar-refractivity contribution < 1.29 is 42.4 Å². The van der Waals surface area contributed by atoms with Crippen LogP contribution in [0.2, 0.25) is 0 Å². The maximum atomic E-state index is 12.8. The Morgan fingerprint density at radius 3 is 1.06 bits per heavy atom. The van der Waals surface area contributed by atoms with Crippen molar-refractivity contribution >= 4 is 25.7 Å². The minimum atomic E-state index is -4.53. The van der Waals surface area contributed by atoms with E-state index in [1.54, 1.807) is 0 Å². The van der Waals surface area contributed by atoms with Gasteiger partial charge < -0.3 is 19.7 Å². The number of amides is 1. The average molecular weight is 958 g/mol. The van der Waals surface area contributed by atoms with E-state index in [0.717, 1.165) is 57.8 Å². The quantitative estimate of drug-likeness (QED) is 0.0347. The molecule has 0 saturated heterocycles. The molecule has 10 nitrogen and oxygen atoms in total. The van der Waals surface area contributed by atoms with E-state index < -0.39 is 26.5 Å². The van der Waals surface area contributed by atoms with Crippen molar-refractivity contribution in [3.05, 3.63) is 0 Å². The molecule has 0 aliphatic carbocycles. The minimum absolute atomic E-state index is 0.0693. The van der Waals surface area contributed by atoms with Crippen LogP contribution in [0, 0.1) is 0 Å². The number of ether oxygens (including phenoxy) is 2. The first-order valence-electron chi connectivity index (χ1n) is 28.5. The number of phosphoric ester groups is 1. The molecule has 2 unspecified atom stereocenters. The summed E-state index contributed by atoms with van der Waals surface area (Å²) < 4.78 is 34.1. The Morgan fingerprint density at radius 1 is 0.409 bits per heavy atom. The van der Waals surface area contributed by atoms with Gasteiger partial charge in [0.25, 0.3) is 0 Å². The second-order valence-electron chi connectivity index (χ2n) is 19.4. The molecule has 11 heteroatoms. The first kappa shape index (κ1) is 64.5. The topological polar surface area (TPSA) is 137 Å². The molecule has 0 saturated carbocycles. The van der Waals surface area contributed by atoms with Gasteiger partial charge in [-0.15, -0.1) is 0 Å². The van der Waals surface area contributed by atoms with Gasteiger partial charge in [0.1, 0.15) is 6.61 Å². The maximum Gasteiger partial charge on any atom is 0.472 e. The zero-order valence-electron chi connectivity index (χ0n) is 43.7. The van der Waals surface area contributed by atoms with E-state index >= 15 is 0 Å². The standard InChI is InChI=1S/C55H108NO9P/c1-4-7-10-13-16-19-22-25-26-29-30-33-36-39-42-45-53(57)56-48-49-63-66(60,61)64-51-52(65-55(59)47-44-41-38-35-32-28-24-21-18-15-12-9-6-3)50-62-54(58)46-43-40-37-34-31-27-23-20-17-14-11-8-5-2/h52H,4-51H2,1-3H3,(H,56,57)(H,60,61). The van der Waals surface area contributed by atoms with E-state index in [1.807, 2.05) is 0 Å². The van der Waals surface area contributed by atoms with Crippen LogP contribution in [0.5, 0.6) is 0 Å². The molecule has 0 aromatic carbocycles. The number of hydrogen-bond acceptors (Lipinski definition) is 8. The predicted molar refractivity (Wildman–Crippen MR) is 276 cm³/mol. The van der Waals surface area contributed by atoms with Gasteiger partial charge in [-0.2, -0.15) is 0 Å². The summed E-state index contributed by atoms with van der Waals surface area (Å²) in [4.78, 5) is 48.1. The third-order valence-corrected chi connectivity index (χ3v) is 13.8. The van der Waals surface area contributed by atoms with Gasteiger partial charge in [0.2, 0.25) is 5.91 Å². The molecular formula is C55H108NO9P. The van der Waals surface area contributed by atoms with Crippen LogP contribution in [0.25, 0.3) is 0 Å². The molecular weight excluding hydrogens is 850 g/mol. The van der Waals surface area contributed by atoms with Crippen LogP contribution in [0.1, 0.15) is 303 Å². The van der Waals surface area contributed by atoms with Gasteiger partial charge in [-0.3, -0.25) is 23.4 Å². The van der Waals surface area contributed by atoms with E-state index in [-0.39, 0.29) is 44.5 Å². The number of carbonyl (C=O) groups is 3. The maximum absolute atomic E-state index is 12.8. The van der Waals surface area contributed by atoms with Crippen LogP contribution in [0.15, 0.2) is 0 Å². The number of phosphoric acid groups is 1. The van der Waals surface area contributed by atoms with Crippen LogP contribution in [-0.2, 0) is 37.5 Å². The Kier molecular flexibility index (Phi) is 50.2. The first-order valence-corrected chi connectivity index (χ1v) is 30.0. The number of nitrogens with one attached hydrogen (secondary N) is 1. The molecule has 1 amide bonds. The molecule has 0 aliphatic rings. The van der Waals surface area contributed by atoms with Gasteiger partial charge >= 0.3 is 19.8 Å². The van der Waals surface area contributed by atoms with Crippen molar-refractivity contribution in [1.82, 2.24) is 5.32 Å². The molecule has 0 bridgehead atoms. The van der Waals surface area contributed by atoms with Crippen LogP contribution in [0.3, 0.4) is 0 Å². The van der Waals surface area contributed by atoms with Crippen LogP contribution in [-0.4, -0.2) is 55.2 Å². The van der Waals surface area contributed by atoms with E-state index in [1.165, 1.54) is 199 Å². The first-order chi connectivity index (χ1) is 32.2. The molecule has 0 aromatic heterocycles. The highest BCUT2D eigenvalue weighted by Crippen LogP contribution is 2.43. The van der Waals surface area contributed by atoms with Gasteiger partial charge in [-0.1, -0.05) is 265 Å². The summed E-state index contributed by atoms with van der Waals surface area (Å²) in [6.45, 7) is 5.89. The Labute approximate surface area is 407 Å². The molecule has 2 N–H and O–H groups in total. The number of unbranched alkanes of at least 4 members (excludes halogenated alkanes) is 38. The van der Waals surface area contributed by atoms with Gasteiger partial charge in [0.15, 0.2) is 6.10 Å². The van der Waals surface area contributed by atoms with Crippen LogP contribution < -0.4 is 5.32 Å². The SMILES string of the molecule is CCCCCCCCCCCCCCCCCC(=O)NCCOP(=O)(O)OCC(COC(=O)CCCCCCCCCCCCCCC)OC(=O)CCCCCCCCCCCCCCC. The molecule has 0 rings (SSSR count). The summed E-state index contributed by atoms with van der Waals surface area (Å²) in [5, 5.41) is 2.75. The highest BCUT2D eigenvalue weighted by atomic mass is 31.2. The van der Waals surface area contributed by atoms with Crippen molar-refractivity contribution in [3.8, 4) is 0 Å². The van der Waals surface area contributed by atoms with E-state index in [0.29, 0.717) is 12.8 Å².